The Hall–Kier alpha value is 0.409. The van der Waals surface area contributed by atoms with E-state index in [2.05, 4.69) is 16.2 Å². The van der Waals surface area contributed by atoms with Gasteiger partial charge in [0, 0.05) is 0 Å². The van der Waals surface area contributed by atoms with Crippen molar-refractivity contribution in [3.05, 3.63) is 12.2 Å². The molecule has 0 radical (unpaired) electrons. The van der Waals surface area contributed by atoms with E-state index in [-0.39, 0.29) is 20.7 Å². The molecule has 0 aliphatic carbocycles. The van der Waals surface area contributed by atoms with E-state index in [4.69, 9.17) is 0 Å². The molecule has 1 aliphatic rings. The Kier molecular flexibility index (Phi) is 1.26. The van der Waals surface area contributed by atoms with Gasteiger partial charge in [0.2, 0.25) is 0 Å². The monoisotopic (exact) mass is 174 g/mol. The van der Waals surface area contributed by atoms with Crippen LogP contribution in [-0.2, 0) is 0 Å². The Balaban J connectivity index is 2.61. The molecule has 1 aliphatic heterocycles. The topological polar surface area (TPSA) is 0 Å². The van der Waals surface area contributed by atoms with Crippen molar-refractivity contribution < 1.29 is 0 Å². The molecule has 0 amide bonds. The third-order valence-electron chi connectivity index (χ3n) is 0.655. The Morgan fingerprint density at radius 2 is 2.60 bits per heavy atom. The van der Waals surface area contributed by atoms with Gasteiger partial charge < -0.3 is 0 Å². The van der Waals surface area contributed by atoms with Gasteiger partial charge in [0.1, 0.15) is 0 Å². The van der Waals surface area contributed by atoms with E-state index in [1.54, 1.807) is 0 Å². The van der Waals surface area contributed by atoms with Crippen molar-refractivity contribution in [1.82, 2.24) is 0 Å². The molecule has 0 aromatic carbocycles. The van der Waals surface area contributed by atoms with Crippen LogP contribution >= 0.6 is 0 Å². The van der Waals surface area contributed by atoms with E-state index >= 15 is 0 Å². The molecule has 0 unspecified atom stereocenters. The maximum absolute atomic E-state index is 2.37. The van der Waals surface area contributed by atoms with Crippen molar-refractivity contribution in [1.29, 1.82) is 0 Å². The second-order valence-corrected chi connectivity index (χ2v) is 4.88. The fourth-order valence-corrected chi connectivity index (χ4v) is 2.64. The first kappa shape index (κ1) is 3.59. The van der Waals surface area contributed by atoms with Crippen molar-refractivity contribution in [2.45, 2.75) is 4.44 Å². The standard InChI is InChI=1S/C4H5.Sn.H/c1-3-4-2;;/h1,3-4H,2H2;;. The first-order chi connectivity index (χ1) is 2.50. The summed E-state index contributed by atoms with van der Waals surface area (Å²) in [4.78, 5) is 0. The zero-order valence-corrected chi connectivity index (χ0v) is 6.31. The summed E-state index contributed by atoms with van der Waals surface area (Å²) in [6.07, 6.45) is 4.46. The van der Waals surface area contributed by atoms with Crippen LogP contribution < -0.4 is 0 Å². The number of allylic oxidation sites excluding steroid dienone is 2. The fraction of sp³-hybridized carbons (Fsp3) is 0.250. The first-order valence-electron chi connectivity index (χ1n) is 1.82. The Morgan fingerprint density at radius 1 is 1.60 bits per heavy atom. The minimum atomic E-state index is -0.0450. The number of hydrogen-bond donors (Lipinski definition) is 0. The van der Waals surface area contributed by atoms with Crippen molar-refractivity contribution >= 4 is 24.7 Å². The second kappa shape index (κ2) is 1.75. The van der Waals surface area contributed by atoms with E-state index in [0.29, 0.717) is 0 Å². The van der Waals surface area contributed by atoms with Crippen LogP contribution in [0, 0.1) is 0 Å². The van der Waals surface area contributed by atoms with Crippen LogP contribution in [0.1, 0.15) is 0 Å². The van der Waals surface area contributed by atoms with E-state index in [0.717, 1.165) is 0 Å². The van der Waals surface area contributed by atoms with E-state index in [9.17, 15) is 0 Å². The normalized spacial score (nSPS) is 17.6. The summed E-state index contributed by atoms with van der Waals surface area (Å²) in [5.41, 5.74) is 0. The quantitative estimate of drug-likeness (QED) is 0.459. The van der Waals surface area contributed by atoms with Crippen molar-refractivity contribution in [3.8, 4) is 0 Å². The average Bonchev–Trinajstić information content (AvgIpc) is 1.76. The van der Waals surface area contributed by atoms with Gasteiger partial charge in [-0.05, 0) is 0 Å². The van der Waals surface area contributed by atoms with Gasteiger partial charge in [-0.25, -0.2) is 0 Å². The van der Waals surface area contributed by atoms with Gasteiger partial charge in [-0.3, -0.25) is 0 Å². The summed E-state index contributed by atoms with van der Waals surface area (Å²) in [5.74, 6) is 0. The van der Waals surface area contributed by atoms with Crippen LogP contribution in [0.3, 0.4) is 0 Å². The third-order valence-corrected chi connectivity index (χ3v) is 3.62. The van der Waals surface area contributed by atoms with Crippen LogP contribution in [-0.4, -0.2) is 24.7 Å². The van der Waals surface area contributed by atoms with Crippen LogP contribution in [0.5, 0.6) is 0 Å². The van der Waals surface area contributed by atoms with E-state index in [1.165, 1.54) is 4.44 Å². The molecule has 0 bridgehead atoms. The molecular formula is C4H6Sn. The third kappa shape index (κ3) is 0.874. The first-order valence-corrected chi connectivity index (χ1v) is 6.05. The molecule has 0 saturated heterocycles. The molecule has 0 fully saturated rings. The predicted octanol–water partition coefficient (Wildman–Crippen LogP) is 0.213. The van der Waals surface area contributed by atoms with Crippen molar-refractivity contribution in [3.63, 3.8) is 0 Å². The van der Waals surface area contributed by atoms with Gasteiger partial charge in [-0.1, -0.05) is 0 Å². The van der Waals surface area contributed by atoms with E-state index < -0.39 is 0 Å². The molecule has 1 heterocycles. The van der Waals surface area contributed by atoms with Crippen molar-refractivity contribution in [2.24, 2.45) is 0 Å². The van der Waals surface area contributed by atoms with Gasteiger partial charge in [0.05, 0.1) is 0 Å². The summed E-state index contributed by atoms with van der Waals surface area (Å²) in [6, 6.07) is 0. The summed E-state index contributed by atoms with van der Waals surface area (Å²) >= 11 is -0.0450. The average molecular weight is 173 g/mol. The molecule has 0 spiro atoms. The van der Waals surface area contributed by atoms with Crippen LogP contribution in [0.25, 0.3) is 0 Å². The summed E-state index contributed by atoms with van der Waals surface area (Å²) in [5, 5.41) is 0. The van der Waals surface area contributed by atoms with Gasteiger partial charge >= 0.3 is 41.3 Å². The zero-order valence-electron chi connectivity index (χ0n) is 3.02. The van der Waals surface area contributed by atoms with Gasteiger partial charge in [0.15, 0.2) is 0 Å². The van der Waals surface area contributed by atoms with Gasteiger partial charge in [-0.2, -0.15) is 0 Å². The molecule has 0 atom stereocenters. The molecule has 26 valence electrons. The van der Waals surface area contributed by atoms with Crippen LogP contribution in [0.2, 0.25) is 4.44 Å². The SMILES string of the molecule is C1=C[CH2][SnH]=[CH]1. The fourth-order valence-electron chi connectivity index (χ4n) is 0.393. The predicted molar refractivity (Wildman–Crippen MR) is 27.2 cm³/mol. The summed E-state index contributed by atoms with van der Waals surface area (Å²) < 4.78 is 3.82. The van der Waals surface area contributed by atoms with Crippen LogP contribution in [0.4, 0.5) is 0 Å². The Labute approximate surface area is 41.6 Å². The number of hydrogen-bond acceptors (Lipinski definition) is 0. The molecule has 0 aromatic rings. The molecule has 0 saturated carbocycles. The molecule has 1 heteroatoms. The van der Waals surface area contributed by atoms with Gasteiger partial charge in [0.25, 0.3) is 0 Å². The Bertz CT molecular complexity index is 61.7. The Morgan fingerprint density at radius 3 is 2.80 bits per heavy atom. The van der Waals surface area contributed by atoms with E-state index in [1.807, 2.05) is 0 Å². The molecule has 0 nitrogen and oxygen atoms in total. The summed E-state index contributed by atoms with van der Waals surface area (Å²) in [7, 11) is 0. The molecule has 0 aromatic heterocycles. The van der Waals surface area contributed by atoms with Gasteiger partial charge in [-0.15, -0.1) is 0 Å². The van der Waals surface area contributed by atoms with Crippen LogP contribution in [0.15, 0.2) is 12.2 Å². The molecule has 0 N–H and O–H groups in total. The minimum absolute atomic E-state index is 0.0450. The van der Waals surface area contributed by atoms with Crippen molar-refractivity contribution in [2.75, 3.05) is 0 Å². The summed E-state index contributed by atoms with van der Waals surface area (Å²) in [6.45, 7) is 0. The molecule has 5 heavy (non-hydrogen) atoms. The zero-order chi connectivity index (χ0) is 3.54. The number of rotatable bonds is 0. The second-order valence-electron chi connectivity index (χ2n) is 1.09. The molecule has 1 rings (SSSR count). The maximum atomic E-state index is 2.37. The molecular weight excluding hydrogens is 167 g/mol.